The smallest absolute Gasteiger partial charge is 0.316 e. The van der Waals surface area contributed by atoms with Gasteiger partial charge in [-0.15, -0.1) is 0 Å². The summed E-state index contributed by atoms with van der Waals surface area (Å²) >= 11 is 0. The Morgan fingerprint density at radius 1 is 0.284 bits per heavy atom. The van der Waals surface area contributed by atoms with E-state index in [0.29, 0.717) is 118 Å². The highest BCUT2D eigenvalue weighted by molar-refractivity contribution is 5.97. The van der Waals surface area contributed by atoms with Crippen LogP contribution in [-0.2, 0) is 0 Å². The molecule has 0 aromatic carbocycles. The molecular formula is C88H112F4N12O12. The van der Waals surface area contributed by atoms with Gasteiger partial charge in [0.25, 0.3) is 0 Å². The fraction of sp³-hybridized carbons (Fsp3) is 0.545. The van der Waals surface area contributed by atoms with Gasteiger partial charge >= 0.3 is 24.0 Å². The molecule has 12 rings (SSSR count). The second-order valence-corrected chi connectivity index (χ2v) is 30.4. The maximum absolute atomic E-state index is 14.5. The number of ketones is 4. The minimum Gasteiger partial charge on any atom is -0.479 e. The number of carbonyl (C=O) groups is 4. The monoisotopic (exact) mass is 1600 g/mol. The van der Waals surface area contributed by atoms with Crippen molar-refractivity contribution in [2.45, 2.75) is 205 Å². The van der Waals surface area contributed by atoms with Gasteiger partial charge in [-0.1, -0.05) is 53.4 Å². The Labute approximate surface area is 678 Å². The Kier molecular flexibility index (Phi) is 35.0. The molecule has 624 valence electrons. The van der Waals surface area contributed by atoms with Crippen LogP contribution >= 0.6 is 0 Å². The highest BCUT2D eigenvalue weighted by atomic mass is 19.1. The molecule has 4 aliphatic carbocycles. The molecule has 4 atom stereocenters. The average Bonchev–Trinajstić information content (AvgIpc) is 0.829. The molecule has 116 heavy (non-hydrogen) atoms. The standard InChI is InChI=1S/4C22H28FN3O3/c4*1-4-14(11-19(27)17-12-25-22(29-3)26-13-17)15-5-7-16(8-6-15)18-9-10-24-21(28-2)20(18)23/h4*9-10,12-16H,4-8,11H2,1-3H3/t4*14-,15?,16?/m1100/s1. The summed E-state index contributed by atoms with van der Waals surface area (Å²) in [6.45, 7) is 8.51. The van der Waals surface area contributed by atoms with Crippen molar-refractivity contribution in [3.63, 3.8) is 0 Å². The minimum atomic E-state index is -0.347. The van der Waals surface area contributed by atoms with Crippen molar-refractivity contribution < 1.29 is 74.6 Å². The van der Waals surface area contributed by atoms with Gasteiger partial charge in [-0.3, -0.25) is 19.2 Å². The van der Waals surface area contributed by atoms with Crippen molar-refractivity contribution in [3.05, 3.63) is 166 Å². The first-order valence-corrected chi connectivity index (χ1v) is 40.6. The van der Waals surface area contributed by atoms with E-state index < -0.39 is 0 Å². The van der Waals surface area contributed by atoms with E-state index in [2.05, 4.69) is 87.5 Å². The van der Waals surface area contributed by atoms with E-state index in [9.17, 15) is 36.7 Å². The second-order valence-electron chi connectivity index (χ2n) is 30.4. The van der Waals surface area contributed by atoms with Crippen LogP contribution in [0.3, 0.4) is 0 Å². The van der Waals surface area contributed by atoms with Crippen molar-refractivity contribution >= 4 is 23.1 Å². The van der Waals surface area contributed by atoms with Crippen molar-refractivity contribution in [1.29, 1.82) is 0 Å². The molecule has 0 bridgehead atoms. The van der Waals surface area contributed by atoms with Crippen LogP contribution in [0.15, 0.2) is 98.6 Å². The van der Waals surface area contributed by atoms with E-state index in [1.54, 1.807) is 49.1 Å². The number of pyridine rings is 4. The molecule has 0 amide bonds. The molecule has 4 aliphatic rings. The maximum Gasteiger partial charge on any atom is 0.316 e. The quantitative estimate of drug-likeness (QED) is 0.0279. The van der Waals surface area contributed by atoms with Gasteiger partial charge in [0.05, 0.1) is 79.1 Å². The number of Topliss-reactive ketones (excluding diaryl/α,β-unsaturated/α-hetero) is 4. The molecular weight excluding hydrogens is 1490 g/mol. The number of carbonyl (C=O) groups excluding carboxylic acids is 4. The van der Waals surface area contributed by atoms with Gasteiger partial charge in [0.15, 0.2) is 46.4 Å². The van der Waals surface area contributed by atoms with Crippen LogP contribution in [0.5, 0.6) is 47.6 Å². The zero-order valence-corrected chi connectivity index (χ0v) is 68.9. The third-order valence-corrected chi connectivity index (χ3v) is 24.3. The van der Waals surface area contributed by atoms with E-state index in [1.165, 1.54) is 106 Å². The van der Waals surface area contributed by atoms with Gasteiger partial charge < -0.3 is 37.9 Å². The van der Waals surface area contributed by atoms with Crippen LogP contribution < -0.4 is 37.9 Å². The number of methoxy groups -OCH3 is 8. The van der Waals surface area contributed by atoms with Gasteiger partial charge in [0.1, 0.15) is 0 Å². The summed E-state index contributed by atoms with van der Waals surface area (Å²) in [5.74, 6) is 2.87. The normalized spacial score (nSPS) is 20.1. The largest absolute Gasteiger partial charge is 0.479 e. The summed E-state index contributed by atoms with van der Waals surface area (Å²) < 4.78 is 98.0. The summed E-state index contributed by atoms with van der Waals surface area (Å²) in [6.07, 6.45) is 39.5. The lowest BCUT2D eigenvalue weighted by atomic mass is 9.71. The first-order valence-electron chi connectivity index (χ1n) is 40.6. The Morgan fingerprint density at radius 3 is 0.603 bits per heavy atom. The van der Waals surface area contributed by atoms with Gasteiger partial charge in [0.2, 0.25) is 23.5 Å². The summed E-state index contributed by atoms with van der Waals surface area (Å²) in [5, 5.41) is 0. The van der Waals surface area contributed by atoms with Crippen LogP contribution in [0.2, 0.25) is 0 Å². The number of rotatable bonds is 32. The first kappa shape index (κ1) is 89.6. The van der Waals surface area contributed by atoms with Crippen LogP contribution in [0, 0.1) is 70.6 Å². The molecule has 8 aromatic rings. The highest BCUT2D eigenvalue weighted by Gasteiger charge is 2.36. The number of nitrogens with zero attached hydrogens (tertiary/aromatic N) is 12. The molecule has 4 fully saturated rings. The number of aromatic nitrogens is 12. The topological polar surface area (TPSA) is 297 Å². The van der Waals surface area contributed by atoms with Gasteiger partial charge in [-0.05, 0) is 220 Å². The first-order chi connectivity index (χ1) is 56.3. The van der Waals surface area contributed by atoms with Gasteiger partial charge in [-0.2, -0.15) is 0 Å². The maximum atomic E-state index is 14.5. The Morgan fingerprint density at radius 2 is 0.457 bits per heavy atom. The van der Waals surface area contributed by atoms with Crippen LogP contribution in [0.1, 0.15) is 269 Å². The molecule has 4 saturated carbocycles. The number of hydrogen-bond donors (Lipinski definition) is 0. The molecule has 0 saturated heterocycles. The van der Waals surface area contributed by atoms with Gasteiger partial charge in [0, 0.05) is 100 Å². The van der Waals surface area contributed by atoms with Crippen molar-refractivity contribution in [3.8, 4) is 47.6 Å². The molecule has 0 aliphatic heterocycles. The summed E-state index contributed by atoms with van der Waals surface area (Å²) in [6, 6.07) is 8.05. The molecule has 0 N–H and O–H groups in total. The van der Waals surface area contributed by atoms with E-state index in [0.717, 1.165) is 128 Å². The predicted molar refractivity (Wildman–Crippen MR) is 427 cm³/mol. The number of halogens is 4. The van der Waals surface area contributed by atoms with Crippen molar-refractivity contribution in [2.75, 3.05) is 56.9 Å². The third-order valence-electron chi connectivity index (χ3n) is 24.3. The van der Waals surface area contributed by atoms with E-state index in [-0.39, 0.29) is 118 Å². The molecule has 8 heterocycles. The third kappa shape index (κ3) is 24.0. The molecule has 28 heteroatoms. The van der Waals surface area contributed by atoms with Crippen LogP contribution in [0.4, 0.5) is 17.6 Å². The zero-order chi connectivity index (χ0) is 83.2. The van der Waals surface area contributed by atoms with Crippen molar-refractivity contribution in [1.82, 2.24) is 59.8 Å². The van der Waals surface area contributed by atoms with E-state index in [4.69, 9.17) is 37.9 Å². The average molecular weight is 1610 g/mol. The molecule has 0 unspecified atom stereocenters. The van der Waals surface area contributed by atoms with E-state index >= 15 is 0 Å². The Bertz CT molecular complexity index is 3840. The minimum absolute atomic E-state index is 0.0587. The lowest BCUT2D eigenvalue weighted by molar-refractivity contribution is 0.0917. The summed E-state index contributed by atoms with van der Waals surface area (Å²) in [7, 11) is 11.7. The summed E-state index contributed by atoms with van der Waals surface area (Å²) in [4.78, 5) is 98.6. The van der Waals surface area contributed by atoms with Crippen molar-refractivity contribution in [2.24, 2.45) is 47.3 Å². The predicted octanol–water partition coefficient (Wildman–Crippen LogP) is 18.4. The second kappa shape index (κ2) is 45.3. The van der Waals surface area contributed by atoms with E-state index in [1.807, 2.05) is 0 Å². The Balaban J connectivity index is 0.000000177. The van der Waals surface area contributed by atoms with Crippen LogP contribution in [-0.4, -0.2) is 140 Å². The molecule has 8 aromatic heterocycles. The Hall–Kier alpha value is -10.3. The highest BCUT2D eigenvalue weighted by Crippen LogP contribution is 2.47. The number of hydrogen-bond acceptors (Lipinski definition) is 24. The summed E-state index contributed by atoms with van der Waals surface area (Å²) in [5.41, 5.74) is 4.83. The fourth-order valence-electron chi connectivity index (χ4n) is 17.5. The number of ether oxygens (including phenoxy) is 8. The molecule has 0 spiro atoms. The lowest BCUT2D eigenvalue weighted by Crippen LogP contribution is -2.23. The molecule has 0 radical (unpaired) electrons. The fourth-order valence-corrected chi connectivity index (χ4v) is 17.5. The van der Waals surface area contributed by atoms with Crippen LogP contribution in [0.25, 0.3) is 0 Å². The zero-order valence-electron chi connectivity index (χ0n) is 68.9. The van der Waals surface area contributed by atoms with Gasteiger partial charge in [-0.25, -0.2) is 77.4 Å². The SMILES string of the molecule is CC[C@@H](CC(=O)c1cnc(OC)nc1)C1CCC(c2ccnc(OC)c2F)CC1.CC[C@@H](CC(=O)c1cnc(OC)nc1)C1CCC(c2ccnc(OC)c2F)CC1.CC[C@H](CC(=O)c1cnc(OC)nc1)C1CCC(c2ccnc(OC)c2F)CC1.CC[C@H](CC(=O)c1cnc(OC)nc1)C1CCC(c2ccnc(OC)c2F)CC1. The lowest BCUT2D eigenvalue weighted by Gasteiger charge is -2.33. The molecule has 24 nitrogen and oxygen atoms in total.